The second-order valence-corrected chi connectivity index (χ2v) is 8.75. The maximum Gasteiger partial charge on any atom is 0.336 e. The second kappa shape index (κ2) is 9.97. The number of rotatable bonds is 7. The van der Waals surface area contributed by atoms with Gasteiger partial charge >= 0.3 is 11.6 Å². The van der Waals surface area contributed by atoms with Gasteiger partial charge in [0.25, 0.3) is 5.91 Å². The molecular weight excluding hydrogens is 442 g/mol. The van der Waals surface area contributed by atoms with E-state index in [1.807, 2.05) is 48.5 Å². The van der Waals surface area contributed by atoms with Crippen LogP contribution in [0.3, 0.4) is 0 Å². The Labute approximate surface area is 202 Å². The number of carbonyl (C=O) groups excluding carboxylic acids is 2. The Morgan fingerprint density at radius 3 is 2.34 bits per heavy atom. The van der Waals surface area contributed by atoms with E-state index in [0.29, 0.717) is 16.7 Å². The molecule has 1 heterocycles. The lowest BCUT2D eigenvalue weighted by Gasteiger charge is -2.18. The van der Waals surface area contributed by atoms with Crippen LogP contribution in [0.2, 0.25) is 0 Å². The van der Waals surface area contributed by atoms with Crippen molar-refractivity contribution in [3.8, 4) is 0 Å². The Morgan fingerprint density at radius 2 is 1.60 bits per heavy atom. The highest BCUT2D eigenvalue weighted by Crippen LogP contribution is 2.28. The summed E-state index contributed by atoms with van der Waals surface area (Å²) in [5.74, 6) is -0.925. The molecule has 1 amide bonds. The molecule has 5 rings (SSSR count). The Kier molecular flexibility index (Phi) is 6.44. The number of esters is 1. The fourth-order valence-electron chi connectivity index (χ4n) is 4.54. The van der Waals surface area contributed by atoms with Crippen molar-refractivity contribution < 1.29 is 18.7 Å². The third kappa shape index (κ3) is 5.17. The number of hydrogen-bond donors (Lipinski definition) is 1. The molecular formula is C29H25NO5. The van der Waals surface area contributed by atoms with E-state index >= 15 is 0 Å². The van der Waals surface area contributed by atoms with Crippen molar-refractivity contribution in [2.45, 2.75) is 38.3 Å². The van der Waals surface area contributed by atoms with Crippen molar-refractivity contribution in [2.75, 3.05) is 0 Å². The van der Waals surface area contributed by atoms with E-state index in [-0.39, 0.29) is 18.9 Å². The van der Waals surface area contributed by atoms with Crippen molar-refractivity contribution in [3.05, 3.63) is 117 Å². The van der Waals surface area contributed by atoms with E-state index in [1.165, 1.54) is 17.2 Å². The molecule has 35 heavy (non-hydrogen) atoms. The number of fused-ring (bicyclic) bond motifs is 2. The second-order valence-electron chi connectivity index (χ2n) is 8.75. The Balaban J connectivity index is 1.37. The molecule has 0 radical (unpaired) electrons. The smallest absolute Gasteiger partial charge is 0.336 e. The van der Waals surface area contributed by atoms with Crippen LogP contribution in [0.1, 0.15) is 39.0 Å². The van der Waals surface area contributed by atoms with Crippen LogP contribution in [-0.2, 0) is 35.4 Å². The van der Waals surface area contributed by atoms with Crippen molar-refractivity contribution >= 4 is 22.8 Å². The zero-order valence-electron chi connectivity index (χ0n) is 19.2. The van der Waals surface area contributed by atoms with E-state index in [9.17, 15) is 14.4 Å². The van der Waals surface area contributed by atoms with Crippen LogP contribution in [0.25, 0.3) is 11.0 Å². The Bertz CT molecular complexity index is 1430. The highest BCUT2D eigenvalue weighted by Gasteiger charge is 2.24. The number of amides is 1. The average molecular weight is 468 g/mol. The lowest BCUT2D eigenvalue weighted by Crippen LogP contribution is -2.43. The topological polar surface area (TPSA) is 85.6 Å². The van der Waals surface area contributed by atoms with Gasteiger partial charge in [-0.15, -0.1) is 0 Å². The van der Waals surface area contributed by atoms with E-state index < -0.39 is 17.6 Å². The summed E-state index contributed by atoms with van der Waals surface area (Å²) in [4.78, 5) is 38.1. The molecule has 1 atom stereocenters. The molecule has 4 aromatic rings. The maximum absolute atomic E-state index is 13.2. The largest absolute Gasteiger partial charge is 0.459 e. The van der Waals surface area contributed by atoms with Crippen molar-refractivity contribution in [2.24, 2.45) is 0 Å². The minimum Gasteiger partial charge on any atom is -0.459 e. The summed E-state index contributed by atoms with van der Waals surface area (Å²) in [7, 11) is 0. The highest BCUT2D eigenvalue weighted by molar-refractivity contribution is 5.96. The van der Waals surface area contributed by atoms with Gasteiger partial charge in [-0.1, -0.05) is 48.5 Å². The van der Waals surface area contributed by atoms with Gasteiger partial charge in [0.2, 0.25) is 0 Å². The predicted molar refractivity (Wildman–Crippen MR) is 132 cm³/mol. The molecule has 1 unspecified atom stereocenters. The van der Waals surface area contributed by atoms with Crippen LogP contribution in [-0.4, -0.2) is 17.9 Å². The van der Waals surface area contributed by atoms with Crippen LogP contribution in [0.4, 0.5) is 0 Å². The monoisotopic (exact) mass is 467 g/mol. The molecule has 0 bridgehead atoms. The number of aryl methyl sites for hydroxylation is 2. The van der Waals surface area contributed by atoms with Gasteiger partial charge in [0.05, 0.1) is 0 Å². The molecule has 0 saturated carbocycles. The summed E-state index contributed by atoms with van der Waals surface area (Å²) in [6.07, 6.45) is 3.30. The lowest BCUT2D eigenvalue weighted by molar-refractivity contribution is -0.147. The third-order valence-corrected chi connectivity index (χ3v) is 6.32. The first kappa shape index (κ1) is 22.6. The van der Waals surface area contributed by atoms with Crippen molar-refractivity contribution in [1.82, 2.24) is 5.32 Å². The van der Waals surface area contributed by atoms with Gasteiger partial charge in [-0.2, -0.15) is 0 Å². The first-order chi connectivity index (χ1) is 17.1. The predicted octanol–water partition coefficient (Wildman–Crippen LogP) is 4.37. The molecule has 1 aromatic heterocycles. The van der Waals surface area contributed by atoms with E-state index in [0.717, 1.165) is 30.2 Å². The molecule has 1 aliphatic rings. The fraction of sp³-hybridized carbons (Fsp3) is 0.207. The summed E-state index contributed by atoms with van der Waals surface area (Å²) in [5, 5.41) is 3.58. The number of nitrogens with one attached hydrogen (secondary N) is 1. The number of benzene rings is 3. The van der Waals surface area contributed by atoms with E-state index in [1.54, 1.807) is 24.3 Å². The number of ether oxygens (including phenoxy) is 1. The van der Waals surface area contributed by atoms with E-state index in [4.69, 9.17) is 9.15 Å². The van der Waals surface area contributed by atoms with Gasteiger partial charge in [0, 0.05) is 29.0 Å². The number of carbonyl (C=O) groups is 2. The van der Waals surface area contributed by atoms with Crippen LogP contribution < -0.4 is 10.9 Å². The average Bonchev–Trinajstić information content (AvgIpc) is 3.34. The normalized spacial score (nSPS) is 13.3. The summed E-state index contributed by atoms with van der Waals surface area (Å²) >= 11 is 0. The standard InChI is InChI=1S/C29H25NO5/c31-27-17-23(24-15-21-12-7-13-22(21)16-26(24)35-27)18-34-29(33)25(14-19-8-3-1-4-9-19)30-28(32)20-10-5-2-6-11-20/h1-6,8-11,15-17,25H,7,12-14,18H2,(H,30,32). The molecule has 0 spiro atoms. The van der Waals surface area contributed by atoms with Gasteiger partial charge < -0.3 is 14.5 Å². The summed E-state index contributed by atoms with van der Waals surface area (Å²) < 4.78 is 11.1. The maximum atomic E-state index is 13.2. The molecule has 0 saturated heterocycles. The highest BCUT2D eigenvalue weighted by atomic mass is 16.5. The molecule has 1 aliphatic carbocycles. The lowest BCUT2D eigenvalue weighted by atomic mass is 10.0. The van der Waals surface area contributed by atoms with Gasteiger partial charge in [0.15, 0.2) is 0 Å². The minimum absolute atomic E-state index is 0.0911. The fourth-order valence-corrected chi connectivity index (χ4v) is 4.54. The summed E-state index contributed by atoms with van der Waals surface area (Å²) in [6.45, 7) is -0.0911. The summed E-state index contributed by atoms with van der Waals surface area (Å²) in [6, 6.07) is 22.6. The molecule has 6 nitrogen and oxygen atoms in total. The van der Waals surface area contributed by atoms with Crippen LogP contribution in [0.5, 0.6) is 0 Å². The van der Waals surface area contributed by atoms with Gasteiger partial charge in [-0.25, -0.2) is 9.59 Å². The molecule has 176 valence electrons. The van der Waals surface area contributed by atoms with Gasteiger partial charge in [-0.3, -0.25) is 4.79 Å². The molecule has 0 aliphatic heterocycles. The third-order valence-electron chi connectivity index (χ3n) is 6.32. The van der Waals surface area contributed by atoms with Crippen molar-refractivity contribution in [3.63, 3.8) is 0 Å². The SMILES string of the molecule is O=C(NC(Cc1ccccc1)C(=O)OCc1cc(=O)oc2cc3c(cc12)CCC3)c1ccccc1. The number of hydrogen-bond acceptors (Lipinski definition) is 5. The van der Waals surface area contributed by atoms with E-state index in [2.05, 4.69) is 5.32 Å². The van der Waals surface area contributed by atoms with Crippen molar-refractivity contribution in [1.29, 1.82) is 0 Å². The Morgan fingerprint density at radius 1 is 0.914 bits per heavy atom. The van der Waals surface area contributed by atoms with Gasteiger partial charge in [-0.05, 0) is 60.2 Å². The van der Waals surface area contributed by atoms with Crippen LogP contribution in [0.15, 0.2) is 88.1 Å². The summed E-state index contributed by atoms with van der Waals surface area (Å²) in [5.41, 5.74) is 4.38. The quantitative estimate of drug-likeness (QED) is 0.322. The van der Waals surface area contributed by atoms with Crippen LogP contribution in [0, 0.1) is 0 Å². The molecule has 1 N–H and O–H groups in total. The minimum atomic E-state index is -0.888. The molecule has 0 fully saturated rings. The first-order valence-corrected chi connectivity index (χ1v) is 11.7. The first-order valence-electron chi connectivity index (χ1n) is 11.7. The Hall–Kier alpha value is -4.19. The zero-order valence-corrected chi connectivity index (χ0v) is 19.2. The van der Waals surface area contributed by atoms with Crippen LogP contribution >= 0.6 is 0 Å². The molecule has 3 aromatic carbocycles. The molecule has 6 heteroatoms. The zero-order chi connectivity index (χ0) is 24.2. The van der Waals surface area contributed by atoms with Gasteiger partial charge in [0.1, 0.15) is 18.2 Å².